The van der Waals surface area contributed by atoms with Crippen LogP contribution in [0.4, 0.5) is 0 Å². The molecule has 0 aliphatic carbocycles. The molecule has 0 aliphatic heterocycles. The molecule has 2 rings (SSSR count). The van der Waals surface area contributed by atoms with Crippen LogP contribution in [-0.2, 0) is 16.3 Å². The molecule has 0 amide bonds. The first kappa shape index (κ1) is 18.7. The van der Waals surface area contributed by atoms with Gasteiger partial charge in [0.15, 0.2) is 9.84 Å². The van der Waals surface area contributed by atoms with Crippen LogP contribution in [0.3, 0.4) is 0 Å². The summed E-state index contributed by atoms with van der Waals surface area (Å²) in [5.74, 6) is 0.333. The maximum Gasteiger partial charge on any atom is 0.152 e. The normalized spacial score (nSPS) is 12.0. The summed E-state index contributed by atoms with van der Waals surface area (Å²) in [5, 5.41) is 3.97. The van der Waals surface area contributed by atoms with E-state index in [-0.39, 0.29) is 5.25 Å². The van der Waals surface area contributed by atoms with Gasteiger partial charge in [-0.05, 0) is 56.9 Å². The number of sulfone groups is 1. The predicted octanol–water partition coefficient (Wildman–Crippen LogP) is 4.19. The van der Waals surface area contributed by atoms with E-state index in [4.69, 9.17) is 0 Å². The lowest BCUT2D eigenvalue weighted by molar-refractivity contribution is 0.577. The number of hydrogen-bond acceptors (Lipinski definition) is 3. The smallest absolute Gasteiger partial charge is 0.152 e. The zero-order valence-electron chi connectivity index (χ0n) is 14.7. The molecule has 24 heavy (non-hydrogen) atoms. The molecule has 2 aromatic rings. The van der Waals surface area contributed by atoms with Gasteiger partial charge in [0.25, 0.3) is 0 Å². The molecule has 0 unspecified atom stereocenters. The van der Waals surface area contributed by atoms with E-state index >= 15 is 0 Å². The summed E-state index contributed by atoms with van der Waals surface area (Å²) in [5.41, 5.74) is 2.42. The number of rotatable bonds is 10. The van der Waals surface area contributed by atoms with Crippen molar-refractivity contribution in [1.29, 1.82) is 0 Å². The second-order valence-corrected chi connectivity index (χ2v) is 9.23. The van der Waals surface area contributed by atoms with Crippen LogP contribution in [0, 0.1) is 0 Å². The molecule has 132 valence electrons. The van der Waals surface area contributed by atoms with Gasteiger partial charge in [-0.15, -0.1) is 0 Å². The van der Waals surface area contributed by atoms with E-state index in [9.17, 15) is 8.42 Å². The van der Waals surface area contributed by atoms with Crippen molar-refractivity contribution in [1.82, 2.24) is 9.78 Å². The van der Waals surface area contributed by atoms with E-state index in [0.717, 1.165) is 44.2 Å². The fourth-order valence-corrected chi connectivity index (χ4v) is 3.71. The molecule has 0 aliphatic rings. The molecular weight excluding hydrogens is 320 g/mol. The fraction of sp³-hybridized carbons (Fsp3) is 0.526. The highest BCUT2D eigenvalue weighted by molar-refractivity contribution is 7.91. The van der Waals surface area contributed by atoms with Crippen LogP contribution in [0.2, 0.25) is 0 Å². The molecule has 0 bridgehead atoms. The third-order valence-corrected chi connectivity index (χ3v) is 6.61. The molecule has 0 fully saturated rings. The van der Waals surface area contributed by atoms with Gasteiger partial charge in [0.05, 0.1) is 16.7 Å². The Morgan fingerprint density at radius 3 is 2.29 bits per heavy atom. The second kappa shape index (κ2) is 9.02. The van der Waals surface area contributed by atoms with Crippen molar-refractivity contribution < 1.29 is 8.42 Å². The Hall–Kier alpha value is -1.62. The molecule has 0 atom stereocenters. The molecule has 1 aromatic heterocycles. The summed E-state index contributed by atoms with van der Waals surface area (Å²) in [7, 11) is -2.86. The minimum atomic E-state index is -2.86. The minimum Gasteiger partial charge on any atom is -0.241 e. The van der Waals surface area contributed by atoms with Gasteiger partial charge in [0.2, 0.25) is 0 Å². The molecule has 0 N–H and O–H groups in total. The Kier molecular flexibility index (Phi) is 7.03. The van der Waals surface area contributed by atoms with E-state index in [1.165, 1.54) is 5.56 Å². The standard InChI is InChI=1S/C19H28N2O2S/c1-17(2)24(22,23)16-7-5-3-4-6-9-18-10-12-19(13-11-18)21-15-8-14-20-21/h8,10-15,17H,3-7,9,16H2,1-2H3. The van der Waals surface area contributed by atoms with E-state index in [1.807, 2.05) is 16.9 Å². The van der Waals surface area contributed by atoms with Gasteiger partial charge < -0.3 is 0 Å². The Bertz CT molecular complexity index is 689. The third-order valence-electron chi connectivity index (χ3n) is 4.32. The van der Waals surface area contributed by atoms with Crippen LogP contribution < -0.4 is 0 Å². The first-order valence-electron chi connectivity index (χ1n) is 8.79. The summed E-state index contributed by atoms with van der Waals surface area (Å²) >= 11 is 0. The van der Waals surface area contributed by atoms with Crippen LogP contribution in [0.1, 0.15) is 51.5 Å². The lowest BCUT2D eigenvalue weighted by Crippen LogP contribution is -2.17. The first-order valence-corrected chi connectivity index (χ1v) is 10.5. The summed E-state index contributed by atoms with van der Waals surface area (Å²) in [6.45, 7) is 3.51. The first-order chi connectivity index (χ1) is 11.5. The van der Waals surface area contributed by atoms with Gasteiger partial charge in [0, 0.05) is 12.4 Å². The van der Waals surface area contributed by atoms with Crippen molar-refractivity contribution in [3.8, 4) is 5.69 Å². The lowest BCUT2D eigenvalue weighted by Gasteiger charge is -2.07. The number of hydrogen-bond donors (Lipinski definition) is 0. The zero-order valence-corrected chi connectivity index (χ0v) is 15.5. The van der Waals surface area contributed by atoms with Crippen LogP contribution >= 0.6 is 0 Å². The Labute approximate surface area is 145 Å². The van der Waals surface area contributed by atoms with E-state index in [2.05, 4.69) is 29.4 Å². The Balaban J connectivity index is 1.61. The summed E-state index contributed by atoms with van der Waals surface area (Å²) in [6, 6.07) is 10.4. The Morgan fingerprint density at radius 1 is 1.00 bits per heavy atom. The van der Waals surface area contributed by atoms with E-state index < -0.39 is 9.84 Å². The molecule has 0 saturated carbocycles. The topological polar surface area (TPSA) is 52.0 Å². The molecule has 0 spiro atoms. The van der Waals surface area contributed by atoms with Crippen molar-refractivity contribution in [3.63, 3.8) is 0 Å². The van der Waals surface area contributed by atoms with Crippen LogP contribution in [0.25, 0.3) is 5.69 Å². The highest BCUT2D eigenvalue weighted by Gasteiger charge is 2.14. The Morgan fingerprint density at radius 2 is 1.67 bits per heavy atom. The monoisotopic (exact) mass is 348 g/mol. The number of aryl methyl sites for hydroxylation is 1. The molecule has 0 saturated heterocycles. The van der Waals surface area contributed by atoms with Gasteiger partial charge in [-0.1, -0.05) is 31.4 Å². The van der Waals surface area contributed by atoms with Crippen molar-refractivity contribution in [2.45, 2.75) is 57.6 Å². The molecule has 1 aromatic carbocycles. The molecule has 5 heteroatoms. The van der Waals surface area contributed by atoms with Crippen molar-refractivity contribution in [2.75, 3.05) is 5.75 Å². The molecule has 0 radical (unpaired) electrons. The molecule has 4 nitrogen and oxygen atoms in total. The maximum absolute atomic E-state index is 11.7. The molecular formula is C19H28N2O2S. The summed E-state index contributed by atoms with van der Waals surface area (Å²) in [4.78, 5) is 0. The number of aromatic nitrogens is 2. The number of unbranched alkanes of at least 4 members (excludes halogenated alkanes) is 4. The minimum absolute atomic E-state index is 0.248. The van der Waals surface area contributed by atoms with Crippen molar-refractivity contribution in [2.24, 2.45) is 0 Å². The maximum atomic E-state index is 11.7. The van der Waals surface area contributed by atoms with E-state index in [1.54, 1.807) is 20.0 Å². The number of benzene rings is 1. The highest BCUT2D eigenvalue weighted by Crippen LogP contribution is 2.13. The average Bonchev–Trinajstić information content (AvgIpc) is 3.09. The van der Waals surface area contributed by atoms with Gasteiger partial charge in [-0.2, -0.15) is 5.10 Å². The molecule has 1 heterocycles. The van der Waals surface area contributed by atoms with Crippen molar-refractivity contribution in [3.05, 3.63) is 48.3 Å². The predicted molar refractivity (Wildman–Crippen MR) is 99.3 cm³/mol. The van der Waals surface area contributed by atoms with Crippen LogP contribution in [-0.4, -0.2) is 29.2 Å². The summed E-state index contributed by atoms with van der Waals surface area (Å²) in [6.07, 6.45) is 10.0. The number of nitrogens with zero attached hydrogens (tertiary/aromatic N) is 2. The lowest BCUT2D eigenvalue weighted by atomic mass is 10.1. The van der Waals surface area contributed by atoms with Crippen LogP contribution in [0.15, 0.2) is 42.7 Å². The van der Waals surface area contributed by atoms with Gasteiger partial charge in [-0.25, -0.2) is 13.1 Å². The third kappa shape index (κ3) is 5.78. The van der Waals surface area contributed by atoms with Gasteiger partial charge in [-0.3, -0.25) is 0 Å². The quantitative estimate of drug-likeness (QED) is 0.605. The zero-order chi connectivity index (χ0) is 17.4. The second-order valence-electron chi connectivity index (χ2n) is 6.55. The SMILES string of the molecule is CC(C)S(=O)(=O)CCCCCCCc1ccc(-n2cccn2)cc1. The average molecular weight is 349 g/mol. The highest BCUT2D eigenvalue weighted by atomic mass is 32.2. The van der Waals surface area contributed by atoms with E-state index in [0.29, 0.717) is 5.75 Å². The van der Waals surface area contributed by atoms with Gasteiger partial charge in [0.1, 0.15) is 0 Å². The van der Waals surface area contributed by atoms with Gasteiger partial charge >= 0.3 is 0 Å². The summed E-state index contributed by atoms with van der Waals surface area (Å²) < 4.78 is 25.3. The van der Waals surface area contributed by atoms with Crippen LogP contribution in [0.5, 0.6) is 0 Å². The fourth-order valence-electron chi connectivity index (χ4n) is 2.64. The van der Waals surface area contributed by atoms with Crippen molar-refractivity contribution >= 4 is 9.84 Å². The largest absolute Gasteiger partial charge is 0.241 e.